The van der Waals surface area contributed by atoms with Crippen LogP contribution in [0.5, 0.6) is 0 Å². The number of benzene rings is 1. The first kappa shape index (κ1) is 16.8. The number of hydrogen-bond donors (Lipinski definition) is 1. The smallest absolute Gasteiger partial charge is 0.262 e. The molecule has 1 aliphatic heterocycles. The van der Waals surface area contributed by atoms with E-state index in [0.29, 0.717) is 10.4 Å². The van der Waals surface area contributed by atoms with E-state index in [4.69, 9.17) is 0 Å². The van der Waals surface area contributed by atoms with E-state index in [-0.39, 0.29) is 11.7 Å². The van der Waals surface area contributed by atoms with Crippen LogP contribution in [0.2, 0.25) is 0 Å². The van der Waals surface area contributed by atoms with E-state index in [1.54, 1.807) is 18.2 Å². The highest BCUT2D eigenvalue weighted by molar-refractivity contribution is 7.12. The van der Waals surface area contributed by atoms with E-state index < -0.39 is 6.17 Å². The Labute approximate surface area is 145 Å². The van der Waals surface area contributed by atoms with Crippen molar-refractivity contribution in [3.05, 3.63) is 58.3 Å². The summed E-state index contributed by atoms with van der Waals surface area (Å²) >= 11 is 1.38. The van der Waals surface area contributed by atoms with Crippen LogP contribution in [-0.2, 0) is 0 Å². The molecule has 3 rings (SSSR count). The summed E-state index contributed by atoms with van der Waals surface area (Å²) in [6.07, 6.45) is -0.629. The van der Waals surface area contributed by atoms with Gasteiger partial charge in [-0.1, -0.05) is 36.4 Å². The SMILES string of the molecule is CN1CCN([C@@H](NC(=O)c2cccs2)C(=O)c2ccccc2)CC1. The molecule has 0 saturated carbocycles. The first-order valence-corrected chi connectivity index (χ1v) is 8.89. The number of carbonyl (C=O) groups excluding carboxylic acids is 2. The third-order valence-corrected chi connectivity index (χ3v) is 5.09. The molecule has 2 aromatic rings. The van der Waals surface area contributed by atoms with Crippen LogP contribution in [0.25, 0.3) is 0 Å². The Kier molecular flexibility index (Phi) is 5.40. The van der Waals surface area contributed by atoms with Crippen molar-refractivity contribution in [3.8, 4) is 0 Å². The molecule has 1 aromatic heterocycles. The Hall–Kier alpha value is -2.02. The number of likely N-dealkylation sites (N-methyl/N-ethyl adjacent to an activating group) is 1. The first-order valence-electron chi connectivity index (χ1n) is 8.01. The number of piperazine rings is 1. The molecule has 126 valence electrons. The lowest BCUT2D eigenvalue weighted by Crippen LogP contribution is -2.58. The van der Waals surface area contributed by atoms with Crippen molar-refractivity contribution < 1.29 is 9.59 Å². The summed E-state index contributed by atoms with van der Waals surface area (Å²) in [5.74, 6) is -0.261. The predicted octanol–water partition coefficient (Wildman–Crippen LogP) is 1.93. The highest BCUT2D eigenvalue weighted by Gasteiger charge is 2.30. The van der Waals surface area contributed by atoms with Gasteiger partial charge in [0.25, 0.3) is 5.91 Å². The molecule has 6 heteroatoms. The number of Topliss-reactive ketones (excluding diaryl/α,β-unsaturated/α-hetero) is 1. The summed E-state index contributed by atoms with van der Waals surface area (Å²) in [6.45, 7) is 3.27. The van der Waals surface area contributed by atoms with Crippen LogP contribution >= 0.6 is 11.3 Å². The summed E-state index contributed by atoms with van der Waals surface area (Å²) in [7, 11) is 2.07. The Morgan fingerprint density at radius 3 is 2.38 bits per heavy atom. The van der Waals surface area contributed by atoms with Crippen molar-refractivity contribution in [2.75, 3.05) is 33.2 Å². The van der Waals surface area contributed by atoms with Gasteiger partial charge in [-0.05, 0) is 18.5 Å². The summed E-state index contributed by atoms with van der Waals surface area (Å²) in [4.78, 5) is 30.3. The quantitative estimate of drug-likeness (QED) is 0.843. The van der Waals surface area contributed by atoms with Crippen LogP contribution in [0.15, 0.2) is 47.8 Å². The Morgan fingerprint density at radius 1 is 1.04 bits per heavy atom. The second-order valence-electron chi connectivity index (χ2n) is 5.92. The average Bonchev–Trinajstić information content (AvgIpc) is 3.15. The summed E-state index contributed by atoms with van der Waals surface area (Å²) in [5.41, 5.74) is 0.618. The fraction of sp³-hybridized carbons (Fsp3) is 0.333. The Bertz CT molecular complexity index is 680. The van der Waals surface area contributed by atoms with Gasteiger partial charge in [0.1, 0.15) is 6.17 Å². The van der Waals surface area contributed by atoms with Gasteiger partial charge in [-0.15, -0.1) is 11.3 Å². The Balaban J connectivity index is 1.80. The average molecular weight is 343 g/mol. The van der Waals surface area contributed by atoms with Gasteiger partial charge in [0, 0.05) is 31.7 Å². The molecule has 1 aliphatic rings. The maximum atomic E-state index is 13.0. The van der Waals surface area contributed by atoms with Crippen LogP contribution in [0.4, 0.5) is 0 Å². The van der Waals surface area contributed by atoms with Crippen molar-refractivity contribution in [1.82, 2.24) is 15.1 Å². The number of ketones is 1. The second-order valence-corrected chi connectivity index (χ2v) is 6.87. The zero-order chi connectivity index (χ0) is 16.9. The highest BCUT2D eigenvalue weighted by atomic mass is 32.1. The molecule has 0 unspecified atom stereocenters. The molecule has 0 aliphatic carbocycles. The molecule has 1 amide bonds. The molecule has 1 saturated heterocycles. The maximum absolute atomic E-state index is 13.0. The summed E-state index contributed by atoms with van der Waals surface area (Å²) < 4.78 is 0. The number of hydrogen-bond acceptors (Lipinski definition) is 5. The van der Waals surface area contributed by atoms with Crippen LogP contribution < -0.4 is 5.32 Å². The van der Waals surface area contributed by atoms with E-state index in [1.165, 1.54) is 11.3 Å². The third kappa shape index (κ3) is 3.90. The second kappa shape index (κ2) is 7.70. The van der Waals surface area contributed by atoms with Crippen LogP contribution in [0.3, 0.4) is 0 Å². The van der Waals surface area contributed by atoms with Crippen molar-refractivity contribution in [2.45, 2.75) is 6.17 Å². The van der Waals surface area contributed by atoms with E-state index in [0.717, 1.165) is 26.2 Å². The number of amides is 1. The normalized spacial score (nSPS) is 17.4. The molecule has 1 aromatic carbocycles. The minimum atomic E-state index is -0.629. The van der Waals surface area contributed by atoms with Crippen LogP contribution in [0.1, 0.15) is 20.0 Å². The largest absolute Gasteiger partial charge is 0.329 e. The van der Waals surface area contributed by atoms with Gasteiger partial charge in [-0.25, -0.2) is 0 Å². The molecule has 0 radical (unpaired) electrons. The highest BCUT2D eigenvalue weighted by Crippen LogP contribution is 2.13. The lowest BCUT2D eigenvalue weighted by molar-refractivity contribution is 0.0578. The monoisotopic (exact) mass is 343 g/mol. The van der Waals surface area contributed by atoms with Crippen LogP contribution in [0, 0.1) is 0 Å². The van der Waals surface area contributed by atoms with Gasteiger partial charge in [-0.3, -0.25) is 14.5 Å². The van der Waals surface area contributed by atoms with E-state index in [1.807, 2.05) is 29.6 Å². The van der Waals surface area contributed by atoms with Gasteiger partial charge in [0.2, 0.25) is 0 Å². The molecule has 1 fully saturated rings. The van der Waals surface area contributed by atoms with Gasteiger partial charge >= 0.3 is 0 Å². The van der Waals surface area contributed by atoms with Crippen molar-refractivity contribution in [3.63, 3.8) is 0 Å². The number of thiophene rings is 1. The Morgan fingerprint density at radius 2 is 1.75 bits per heavy atom. The topological polar surface area (TPSA) is 52.6 Å². The molecule has 2 heterocycles. The zero-order valence-electron chi connectivity index (χ0n) is 13.6. The summed E-state index contributed by atoms with van der Waals surface area (Å²) in [6, 6.07) is 12.8. The molecule has 0 bridgehead atoms. The minimum absolute atomic E-state index is 0.0648. The van der Waals surface area contributed by atoms with Crippen molar-refractivity contribution in [1.29, 1.82) is 0 Å². The zero-order valence-corrected chi connectivity index (χ0v) is 14.5. The predicted molar refractivity (Wildman–Crippen MR) is 95.4 cm³/mol. The molecule has 5 nitrogen and oxygen atoms in total. The van der Waals surface area contributed by atoms with E-state index >= 15 is 0 Å². The third-order valence-electron chi connectivity index (χ3n) is 4.22. The van der Waals surface area contributed by atoms with Crippen molar-refractivity contribution >= 4 is 23.0 Å². The van der Waals surface area contributed by atoms with E-state index in [2.05, 4.69) is 22.2 Å². The summed E-state index contributed by atoms with van der Waals surface area (Å²) in [5, 5.41) is 4.79. The standard InChI is InChI=1S/C18H21N3O2S/c1-20-9-11-21(12-10-20)17(16(22)14-6-3-2-4-7-14)19-18(23)15-8-5-13-24-15/h2-8,13,17H,9-12H2,1H3,(H,19,23)/t17-/m1/s1. The first-order chi connectivity index (χ1) is 11.6. The molecular weight excluding hydrogens is 322 g/mol. The molecule has 0 spiro atoms. The van der Waals surface area contributed by atoms with Gasteiger partial charge in [0.05, 0.1) is 4.88 Å². The number of carbonyl (C=O) groups is 2. The van der Waals surface area contributed by atoms with Gasteiger partial charge < -0.3 is 10.2 Å². The lowest BCUT2D eigenvalue weighted by Gasteiger charge is -2.37. The molecule has 24 heavy (non-hydrogen) atoms. The number of nitrogens with zero attached hydrogens (tertiary/aromatic N) is 2. The molecule has 1 N–H and O–H groups in total. The number of nitrogens with one attached hydrogen (secondary N) is 1. The molecule has 1 atom stereocenters. The lowest BCUT2D eigenvalue weighted by atomic mass is 10.1. The van der Waals surface area contributed by atoms with Crippen molar-refractivity contribution in [2.24, 2.45) is 0 Å². The molecular formula is C18H21N3O2S. The van der Waals surface area contributed by atoms with E-state index in [9.17, 15) is 9.59 Å². The fourth-order valence-corrected chi connectivity index (χ4v) is 3.39. The minimum Gasteiger partial charge on any atom is -0.329 e. The van der Waals surface area contributed by atoms with Gasteiger partial charge in [-0.2, -0.15) is 0 Å². The maximum Gasteiger partial charge on any atom is 0.262 e. The number of rotatable bonds is 5. The fourth-order valence-electron chi connectivity index (χ4n) is 2.77. The van der Waals surface area contributed by atoms with Crippen LogP contribution in [-0.4, -0.2) is 60.9 Å². The van der Waals surface area contributed by atoms with Gasteiger partial charge in [0.15, 0.2) is 5.78 Å².